The first-order valence-corrected chi connectivity index (χ1v) is 8.73. The van der Waals surface area contributed by atoms with E-state index in [1.165, 1.54) is 0 Å². The minimum atomic E-state index is -0.371. The van der Waals surface area contributed by atoms with E-state index in [0.717, 1.165) is 32.6 Å². The first-order valence-electron chi connectivity index (χ1n) is 8.73. The predicted molar refractivity (Wildman–Crippen MR) is 93.5 cm³/mol. The molecule has 2 aliphatic rings. The van der Waals surface area contributed by atoms with E-state index < -0.39 is 0 Å². The third-order valence-electron chi connectivity index (χ3n) is 5.05. The molecular weight excluding hydrogens is 320 g/mol. The summed E-state index contributed by atoms with van der Waals surface area (Å²) in [7, 11) is 0. The van der Waals surface area contributed by atoms with Crippen molar-refractivity contribution in [2.45, 2.75) is 12.5 Å². The van der Waals surface area contributed by atoms with E-state index >= 15 is 0 Å². The van der Waals surface area contributed by atoms with Gasteiger partial charge in [0.25, 0.3) is 11.5 Å². The number of H-pyrrole nitrogens is 1. The number of aromatic nitrogens is 1. The molecule has 0 spiro atoms. The number of pyridine rings is 1. The van der Waals surface area contributed by atoms with Crippen molar-refractivity contribution in [3.05, 3.63) is 46.4 Å². The van der Waals surface area contributed by atoms with Crippen LogP contribution in [0.4, 0.5) is 0 Å². The van der Waals surface area contributed by atoms with Crippen molar-refractivity contribution >= 4 is 5.91 Å². The highest BCUT2D eigenvalue weighted by molar-refractivity contribution is 5.94. The molecule has 0 aromatic carbocycles. The summed E-state index contributed by atoms with van der Waals surface area (Å²) in [5.74, 6) is 0.390. The highest BCUT2D eigenvalue weighted by Crippen LogP contribution is 2.19. The molecular formula is C18H22N4O3. The minimum absolute atomic E-state index is 0.190. The second kappa shape index (κ2) is 6.85. The van der Waals surface area contributed by atoms with Crippen LogP contribution in [-0.4, -0.2) is 66.0 Å². The Morgan fingerprint density at radius 2 is 2.00 bits per heavy atom. The number of carbonyl (C=O) groups is 1. The molecule has 0 aliphatic carbocycles. The summed E-state index contributed by atoms with van der Waals surface area (Å²) in [4.78, 5) is 32.1. The van der Waals surface area contributed by atoms with Crippen LogP contribution in [0.1, 0.15) is 16.8 Å². The third-order valence-corrected chi connectivity index (χ3v) is 5.05. The van der Waals surface area contributed by atoms with Gasteiger partial charge in [0.15, 0.2) is 0 Å². The molecule has 1 unspecified atom stereocenters. The summed E-state index contributed by atoms with van der Waals surface area (Å²) < 4.78 is 5.28. The maximum atomic E-state index is 12.7. The number of rotatable bonds is 3. The van der Waals surface area contributed by atoms with Gasteiger partial charge in [0.05, 0.1) is 12.0 Å². The molecule has 4 heterocycles. The second-order valence-corrected chi connectivity index (χ2v) is 6.57. The Hall–Kier alpha value is -2.38. The number of amides is 1. The van der Waals surface area contributed by atoms with Crippen LogP contribution in [0.25, 0.3) is 11.5 Å². The van der Waals surface area contributed by atoms with Crippen molar-refractivity contribution in [1.82, 2.24) is 20.1 Å². The quantitative estimate of drug-likeness (QED) is 0.860. The number of nitrogens with zero attached hydrogens (tertiary/aromatic N) is 2. The van der Waals surface area contributed by atoms with E-state index in [2.05, 4.69) is 15.2 Å². The summed E-state index contributed by atoms with van der Waals surface area (Å²) in [6.07, 6.45) is 2.52. The average molecular weight is 342 g/mol. The van der Waals surface area contributed by atoms with Crippen LogP contribution in [0.3, 0.4) is 0 Å². The highest BCUT2D eigenvalue weighted by atomic mass is 16.3. The van der Waals surface area contributed by atoms with Crippen molar-refractivity contribution in [1.29, 1.82) is 0 Å². The van der Waals surface area contributed by atoms with Gasteiger partial charge in [0, 0.05) is 45.3 Å². The van der Waals surface area contributed by atoms with Gasteiger partial charge in [-0.2, -0.15) is 0 Å². The molecule has 2 aromatic heterocycles. The molecule has 2 aromatic rings. The number of furan rings is 1. The Labute approximate surface area is 145 Å². The van der Waals surface area contributed by atoms with Crippen molar-refractivity contribution in [2.75, 3.05) is 39.3 Å². The monoisotopic (exact) mass is 342 g/mol. The van der Waals surface area contributed by atoms with Crippen LogP contribution < -0.4 is 10.9 Å². The zero-order valence-corrected chi connectivity index (χ0v) is 14.0. The number of aromatic amines is 1. The van der Waals surface area contributed by atoms with Gasteiger partial charge in [-0.3, -0.25) is 14.5 Å². The molecule has 25 heavy (non-hydrogen) atoms. The van der Waals surface area contributed by atoms with Gasteiger partial charge in [-0.1, -0.05) is 0 Å². The minimum Gasteiger partial charge on any atom is -0.463 e. The van der Waals surface area contributed by atoms with E-state index in [1.807, 2.05) is 0 Å². The molecule has 2 fully saturated rings. The number of piperazine rings is 1. The van der Waals surface area contributed by atoms with Crippen molar-refractivity contribution in [3.63, 3.8) is 0 Å². The van der Waals surface area contributed by atoms with Crippen molar-refractivity contribution in [2.24, 2.45) is 0 Å². The third kappa shape index (κ3) is 3.25. The molecule has 2 aliphatic heterocycles. The highest BCUT2D eigenvalue weighted by Gasteiger charge is 2.32. The number of carbonyl (C=O) groups excluding carboxylic acids is 1. The molecule has 0 saturated carbocycles. The molecule has 4 rings (SSSR count). The van der Waals surface area contributed by atoms with Crippen LogP contribution >= 0.6 is 0 Å². The molecule has 0 bridgehead atoms. The standard InChI is InChI=1S/C18H22N4O3/c23-17-14(3-4-15(20-17)16-2-1-11-25-16)18(24)22-8-5-13(12-22)21-9-6-19-7-10-21/h1-4,11,13,19H,5-10,12H2,(H,20,23). The zero-order chi connectivity index (χ0) is 17.2. The molecule has 7 nitrogen and oxygen atoms in total. The van der Waals surface area contributed by atoms with E-state index in [1.54, 1.807) is 35.4 Å². The lowest BCUT2D eigenvalue weighted by atomic mass is 10.2. The van der Waals surface area contributed by atoms with Gasteiger partial charge >= 0.3 is 0 Å². The van der Waals surface area contributed by atoms with Crippen molar-refractivity contribution < 1.29 is 9.21 Å². The summed E-state index contributed by atoms with van der Waals surface area (Å²) in [5.41, 5.74) is 0.396. The fourth-order valence-corrected chi connectivity index (χ4v) is 3.66. The average Bonchev–Trinajstić information content (AvgIpc) is 3.34. The van der Waals surface area contributed by atoms with Crippen LogP contribution in [0.2, 0.25) is 0 Å². The summed E-state index contributed by atoms with van der Waals surface area (Å²) in [5, 5.41) is 3.35. The molecule has 132 valence electrons. The van der Waals surface area contributed by atoms with E-state index in [-0.39, 0.29) is 17.0 Å². The van der Waals surface area contributed by atoms with Gasteiger partial charge in [-0.15, -0.1) is 0 Å². The lowest BCUT2D eigenvalue weighted by molar-refractivity contribution is 0.0771. The van der Waals surface area contributed by atoms with Crippen LogP contribution in [0.15, 0.2) is 39.7 Å². The van der Waals surface area contributed by atoms with Gasteiger partial charge < -0.3 is 19.6 Å². The molecule has 1 amide bonds. The first kappa shape index (κ1) is 16.1. The lowest BCUT2D eigenvalue weighted by Gasteiger charge is -2.32. The molecule has 7 heteroatoms. The zero-order valence-electron chi connectivity index (χ0n) is 14.0. The van der Waals surface area contributed by atoms with Crippen LogP contribution in [0.5, 0.6) is 0 Å². The lowest BCUT2D eigenvalue weighted by Crippen LogP contribution is -2.49. The Balaban J connectivity index is 1.47. The van der Waals surface area contributed by atoms with E-state index in [4.69, 9.17) is 4.42 Å². The van der Waals surface area contributed by atoms with Gasteiger partial charge in [0.2, 0.25) is 0 Å². The van der Waals surface area contributed by atoms with E-state index in [0.29, 0.717) is 30.6 Å². The van der Waals surface area contributed by atoms with Gasteiger partial charge in [-0.25, -0.2) is 0 Å². The largest absolute Gasteiger partial charge is 0.463 e. The van der Waals surface area contributed by atoms with Crippen molar-refractivity contribution in [3.8, 4) is 11.5 Å². The maximum absolute atomic E-state index is 12.7. The second-order valence-electron chi connectivity index (χ2n) is 6.57. The van der Waals surface area contributed by atoms with Crippen LogP contribution in [0, 0.1) is 0 Å². The Kier molecular flexibility index (Phi) is 4.42. The molecule has 2 N–H and O–H groups in total. The number of likely N-dealkylation sites (tertiary alicyclic amines) is 1. The van der Waals surface area contributed by atoms with Crippen LogP contribution in [-0.2, 0) is 0 Å². The summed E-state index contributed by atoms with van der Waals surface area (Å²) in [6.45, 7) is 5.43. The fourth-order valence-electron chi connectivity index (χ4n) is 3.66. The Morgan fingerprint density at radius 3 is 2.72 bits per heavy atom. The van der Waals surface area contributed by atoms with E-state index in [9.17, 15) is 9.59 Å². The molecule has 0 radical (unpaired) electrons. The number of hydrogen-bond acceptors (Lipinski definition) is 5. The predicted octanol–water partition coefficient (Wildman–Crippen LogP) is 0.755. The first-order chi connectivity index (χ1) is 12.2. The molecule has 2 saturated heterocycles. The topological polar surface area (TPSA) is 81.6 Å². The number of nitrogens with one attached hydrogen (secondary N) is 2. The Bertz CT molecular complexity index is 793. The summed E-state index contributed by atoms with van der Waals surface area (Å²) in [6, 6.07) is 7.24. The SMILES string of the molecule is O=C(c1ccc(-c2ccco2)[nH]c1=O)N1CCC(N2CCNCC2)C1. The molecule has 1 atom stereocenters. The fraction of sp³-hybridized carbons (Fsp3) is 0.444. The smallest absolute Gasteiger partial charge is 0.261 e. The Morgan fingerprint density at radius 1 is 1.16 bits per heavy atom. The summed E-state index contributed by atoms with van der Waals surface area (Å²) >= 11 is 0. The normalized spacial score (nSPS) is 21.6. The maximum Gasteiger partial charge on any atom is 0.261 e. The van der Waals surface area contributed by atoms with Gasteiger partial charge in [0.1, 0.15) is 11.3 Å². The number of hydrogen-bond donors (Lipinski definition) is 2. The van der Waals surface area contributed by atoms with Gasteiger partial charge in [-0.05, 0) is 30.7 Å².